The molecule has 0 spiro atoms. The van der Waals surface area contributed by atoms with Gasteiger partial charge in [0.25, 0.3) is 0 Å². The highest BCUT2D eigenvalue weighted by Crippen LogP contribution is 2.29. The maximum absolute atomic E-state index is 14.7. The number of nitrogens with one attached hydrogen (secondary N) is 10. The summed E-state index contributed by atoms with van der Waals surface area (Å²) in [6.07, 6.45) is 0.537. The van der Waals surface area contributed by atoms with Crippen molar-refractivity contribution in [3.05, 3.63) is 24.4 Å². The summed E-state index contributed by atoms with van der Waals surface area (Å²) in [5.74, 6) is -16.5. The highest BCUT2D eigenvalue weighted by molar-refractivity contribution is 8.77. The Morgan fingerprint density at radius 2 is 1.36 bits per heavy atom. The molecule has 2 saturated heterocycles. The van der Waals surface area contributed by atoms with Crippen molar-refractivity contribution < 1.29 is 82.4 Å². The zero-order chi connectivity index (χ0) is 68.8. The quantitative estimate of drug-likeness (QED) is 0.0356. The number of aromatic nitrogens is 1. The van der Waals surface area contributed by atoms with Crippen LogP contribution >= 0.6 is 43.2 Å². The monoisotopic (exact) mass is 1370 g/mol. The summed E-state index contributed by atoms with van der Waals surface area (Å²) in [5.41, 5.74) is 17.3. The molecule has 0 radical (unpaired) electrons. The van der Waals surface area contributed by atoms with E-state index in [-0.39, 0.29) is 50.4 Å². The Morgan fingerprint density at radius 1 is 0.728 bits per heavy atom. The number of carboxylic acids is 2. The van der Waals surface area contributed by atoms with Gasteiger partial charge in [-0.25, -0.2) is 9.78 Å². The SMILES string of the molecule is CC(C)C[C@@H]1NC(=O)[C@H](CCC(N)=O)NC(=O)CNC(=O)C(CCCCN)NC(=O)[C@H](CO)NC(=O)[C@H](C(C)C)NC(=O)[C@@H]2CCCN2C(=O)[C@H](C(C)C)NC(=O)C(NC(=O)[C@H](CCC(=O)O)NC(=O)[C@@H](N)CSSc2ccccn2)CSSC[C@@H](C(=O)O)NC1=O. The molecule has 12 amide bonds. The second-order valence-electron chi connectivity index (χ2n) is 22.9. The first-order chi connectivity index (χ1) is 43.5. The lowest BCUT2D eigenvalue weighted by molar-refractivity contribution is -0.143. The number of hydrogen-bond acceptors (Lipinski definition) is 22. The predicted molar refractivity (Wildman–Crippen MR) is 343 cm³/mol. The molecule has 19 N–H and O–H groups in total. The lowest BCUT2D eigenvalue weighted by atomic mass is 10.0. The molecule has 1 aromatic rings. The van der Waals surface area contributed by atoms with Crippen molar-refractivity contribution in [2.24, 2.45) is 35.0 Å². The van der Waals surface area contributed by atoms with Crippen LogP contribution in [0.2, 0.25) is 0 Å². The van der Waals surface area contributed by atoms with E-state index in [1.807, 2.05) is 0 Å². The van der Waals surface area contributed by atoms with Crippen LogP contribution in [0.3, 0.4) is 0 Å². The Labute approximate surface area is 548 Å². The first-order valence-corrected chi connectivity index (χ1v) is 34.8. The van der Waals surface area contributed by atoms with E-state index in [0.29, 0.717) is 17.9 Å². The van der Waals surface area contributed by atoms with Gasteiger partial charge < -0.3 is 90.6 Å². The molecule has 3 heterocycles. The van der Waals surface area contributed by atoms with Gasteiger partial charge >= 0.3 is 11.9 Å². The lowest BCUT2D eigenvalue weighted by Crippen LogP contribution is -2.62. The van der Waals surface area contributed by atoms with Crippen LogP contribution in [0.1, 0.15) is 106 Å². The number of nitrogens with zero attached hydrogens (tertiary/aromatic N) is 2. The number of unbranched alkanes of at least 4 members (excludes halogenated alkanes) is 1. The van der Waals surface area contributed by atoms with E-state index in [1.165, 1.54) is 26.5 Å². The molecule has 0 bridgehead atoms. The molecule has 36 heteroatoms. The molecule has 32 nitrogen and oxygen atoms in total. The summed E-state index contributed by atoms with van der Waals surface area (Å²) in [5, 5.41) is 55.9. The molecule has 2 fully saturated rings. The summed E-state index contributed by atoms with van der Waals surface area (Å²) >= 11 is 0. The first-order valence-electron chi connectivity index (χ1n) is 30.0. The third-order valence-electron chi connectivity index (χ3n) is 14.3. The number of aliphatic hydroxyl groups is 1. The Balaban J connectivity index is 2.12. The number of primary amides is 1. The molecule has 11 atom stereocenters. The zero-order valence-corrected chi connectivity index (χ0v) is 55.5. The molecular weight excluding hydrogens is 1280 g/mol. The zero-order valence-electron chi connectivity index (χ0n) is 52.2. The minimum absolute atomic E-state index is 0.00936. The fraction of sp³-hybridized carbons (Fsp3) is 0.661. The molecule has 514 valence electrons. The topological polar surface area (TPSA) is 514 Å². The molecule has 2 aliphatic rings. The third kappa shape index (κ3) is 27.7. The number of amides is 12. The average molecular weight is 1370 g/mol. The van der Waals surface area contributed by atoms with Crippen LogP contribution < -0.4 is 70.4 Å². The van der Waals surface area contributed by atoms with Gasteiger partial charge in [-0.15, -0.1) is 0 Å². The molecule has 0 aliphatic carbocycles. The molecule has 2 unspecified atom stereocenters. The van der Waals surface area contributed by atoms with Crippen LogP contribution in [0.4, 0.5) is 0 Å². The minimum atomic E-state index is -1.71. The molecule has 2 aliphatic heterocycles. The van der Waals surface area contributed by atoms with Gasteiger partial charge in [-0.3, -0.25) is 62.3 Å². The van der Waals surface area contributed by atoms with Crippen molar-refractivity contribution >= 4 is 126 Å². The molecule has 0 aromatic carbocycles. The van der Waals surface area contributed by atoms with Crippen LogP contribution in [0.15, 0.2) is 29.4 Å². The van der Waals surface area contributed by atoms with Crippen molar-refractivity contribution in [2.75, 3.05) is 43.5 Å². The van der Waals surface area contributed by atoms with Gasteiger partial charge in [0.05, 0.1) is 19.2 Å². The first kappa shape index (κ1) is 79.2. The molecule has 3 rings (SSSR count). The number of aliphatic carboxylic acids is 2. The Morgan fingerprint density at radius 3 is 1.97 bits per heavy atom. The number of nitrogens with two attached hydrogens (primary N) is 3. The second-order valence-corrected chi connectivity index (χ2v) is 27.9. The summed E-state index contributed by atoms with van der Waals surface area (Å²) in [6.45, 7) is 8.14. The van der Waals surface area contributed by atoms with E-state index in [0.717, 1.165) is 21.6 Å². The van der Waals surface area contributed by atoms with Gasteiger partial charge in [-0.2, -0.15) is 0 Å². The number of fused-ring (bicyclic) bond motifs is 1. The predicted octanol–water partition coefficient (Wildman–Crippen LogP) is -3.29. The van der Waals surface area contributed by atoms with Crippen LogP contribution in [0.25, 0.3) is 0 Å². The lowest BCUT2D eigenvalue weighted by Gasteiger charge is -2.33. The number of pyridine rings is 1. The Kier molecular flexibility index (Phi) is 35.2. The van der Waals surface area contributed by atoms with E-state index < -0.39 is 211 Å². The summed E-state index contributed by atoms with van der Waals surface area (Å²) in [4.78, 5) is 196. The fourth-order valence-corrected chi connectivity index (χ4v) is 13.5. The number of carbonyl (C=O) groups is 14. The van der Waals surface area contributed by atoms with Crippen molar-refractivity contribution in [3.63, 3.8) is 0 Å². The maximum Gasteiger partial charge on any atom is 0.327 e. The van der Waals surface area contributed by atoms with Gasteiger partial charge in [0.1, 0.15) is 65.4 Å². The van der Waals surface area contributed by atoms with Gasteiger partial charge in [0, 0.05) is 42.8 Å². The van der Waals surface area contributed by atoms with E-state index in [4.69, 9.17) is 17.2 Å². The van der Waals surface area contributed by atoms with Crippen LogP contribution in [0, 0.1) is 17.8 Å². The number of rotatable bonds is 24. The number of carboxylic acid groups (broad SMARTS) is 2. The largest absolute Gasteiger partial charge is 0.481 e. The van der Waals surface area contributed by atoms with E-state index in [9.17, 15) is 82.4 Å². The smallest absolute Gasteiger partial charge is 0.327 e. The maximum atomic E-state index is 14.7. The van der Waals surface area contributed by atoms with E-state index in [1.54, 1.807) is 65.9 Å². The number of hydrogen-bond donors (Lipinski definition) is 16. The average Bonchev–Trinajstić information content (AvgIpc) is 1.61. The van der Waals surface area contributed by atoms with Gasteiger partial charge in [0.2, 0.25) is 70.9 Å². The minimum Gasteiger partial charge on any atom is -0.481 e. The van der Waals surface area contributed by atoms with E-state index >= 15 is 0 Å². The third-order valence-corrected chi connectivity index (χ3v) is 19.0. The normalized spacial score (nSPS) is 24.2. The summed E-state index contributed by atoms with van der Waals surface area (Å²) in [6, 6.07) is -11.0. The van der Waals surface area contributed by atoms with Crippen molar-refractivity contribution in [1.82, 2.24) is 63.1 Å². The van der Waals surface area contributed by atoms with Crippen LogP contribution in [0.5, 0.6) is 0 Å². The molecule has 0 saturated carbocycles. The van der Waals surface area contributed by atoms with Crippen LogP contribution in [-0.4, -0.2) is 218 Å². The molecular formula is C56H89N15O17S4. The molecule has 92 heavy (non-hydrogen) atoms. The highest BCUT2D eigenvalue weighted by Gasteiger charge is 2.42. The number of aliphatic hydroxyl groups excluding tert-OH is 1. The summed E-state index contributed by atoms with van der Waals surface area (Å²) < 4.78 is 0. The van der Waals surface area contributed by atoms with Gasteiger partial charge in [-0.05, 0) is 98.6 Å². The Bertz CT molecular complexity index is 2720. The van der Waals surface area contributed by atoms with Crippen molar-refractivity contribution in [1.29, 1.82) is 0 Å². The molecule has 1 aromatic heterocycles. The van der Waals surface area contributed by atoms with Crippen molar-refractivity contribution in [3.8, 4) is 0 Å². The van der Waals surface area contributed by atoms with Gasteiger partial charge in [0.15, 0.2) is 0 Å². The van der Waals surface area contributed by atoms with Crippen LogP contribution in [-0.2, 0) is 67.1 Å². The number of carbonyl (C=O) groups excluding carboxylic acids is 12. The van der Waals surface area contributed by atoms with Gasteiger partial charge in [-0.1, -0.05) is 80.0 Å². The fourth-order valence-electron chi connectivity index (χ4n) is 9.18. The van der Waals surface area contributed by atoms with E-state index in [2.05, 4.69) is 58.2 Å². The second kappa shape index (κ2) is 40.9. The van der Waals surface area contributed by atoms with Crippen molar-refractivity contribution in [2.45, 2.75) is 177 Å². The Hall–Kier alpha value is -6.99. The standard InChI is InChI=1S/C56H89N15O17S4/c1-28(2)22-35-50(81)68-38(56(87)88)27-90-89-26-37(67-49(80)34(16-18-43(75)76)63-46(77)31(58)25-91-92-42-14-8-10-20-60-42)52(83)70-45(30(5)6)55(86)71-21-11-13-39(71)53(84)69-44(29(3)4)54(85)66-36(24-72)51(82)64-32(12-7-9-19-57)47(78)61-23-41(74)62-33(48(79)65-35)15-17-40(59)73/h8,10,14,20,28-39,44-45,72H,7,9,11-13,15-19,21-27,57-58H2,1-6H3,(H2,59,73)(H,61,78)(H,62,74)(H,63,77)(H,64,82)(H,65,79)(H,66,85)(H,67,80)(H,68,81)(H,69,84)(H,70,83)(H,75,76)(H,87,88)/t31-,32?,33-,34-,35-,36-,37?,38-,39-,44-,45-/m0/s1. The highest BCUT2D eigenvalue weighted by atomic mass is 33.1. The summed E-state index contributed by atoms with van der Waals surface area (Å²) in [7, 11) is 4.06.